The van der Waals surface area contributed by atoms with Gasteiger partial charge < -0.3 is 155 Å². The van der Waals surface area contributed by atoms with Gasteiger partial charge in [0.1, 0.15) is 146 Å². The van der Waals surface area contributed by atoms with Gasteiger partial charge in [0.25, 0.3) is 0 Å². The van der Waals surface area contributed by atoms with Crippen LogP contribution in [0.1, 0.15) is 13.8 Å². The van der Waals surface area contributed by atoms with Gasteiger partial charge in [-0.2, -0.15) is 0 Å². The fraction of sp³-hybridized carbons (Fsp3) is 0.950. The average molecular weight is 1070 g/mol. The summed E-state index contributed by atoms with van der Waals surface area (Å²) >= 11 is 0. The second kappa shape index (κ2) is 26.0. The van der Waals surface area contributed by atoms with Crippen molar-refractivity contribution < 1.29 is 154 Å². The molecule has 20 N–H and O–H groups in total. The number of hydrogen-bond acceptors (Lipinski definition) is 31. The summed E-state index contributed by atoms with van der Waals surface area (Å²) in [5, 5.41) is 196. The van der Waals surface area contributed by atoms with Crippen molar-refractivity contribution in [1.82, 2.24) is 10.6 Å². The molecule has 0 aromatic heterocycles. The number of amides is 2. The van der Waals surface area contributed by atoms with Gasteiger partial charge in [-0.25, -0.2) is 0 Å². The van der Waals surface area contributed by atoms with E-state index in [1.807, 2.05) is 0 Å². The highest BCUT2D eigenvalue weighted by Gasteiger charge is 2.57. The maximum absolute atomic E-state index is 12.6. The van der Waals surface area contributed by atoms with Gasteiger partial charge in [-0.15, -0.1) is 0 Å². The molecule has 33 nitrogen and oxygen atoms in total. The predicted octanol–water partition coefficient (Wildman–Crippen LogP) is -13.8. The van der Waals surface area contributed by atoms with Crippen molar-refractivity contribution in [2.45, 2.75) is 198 Å². The first-order valence-electron chi connectivity index (χ1n) is 23.1. The van der Waals surface area contributed by atoms with Crippen LogP contribution in [0.3, 0.4) is 0 Å². The molecule has 0 saturated carbocycles. The molecule has 33 heteroatoms. The molecule has 6 heterocycles. The van der Waals surface area contributed by atoms with Crippen LogP contribution in [0.15, 0.2) is 0 Å². The molecule has 2 amide bonds. The SMILES string of the molecule is CC(=O)N[C@@H]1[C@@H](O)[C@H](O[C@@H]2O[C@H](CO)[C@@H](O[C@@H]3O[C@H](CO[C@H]4O[C@H](CO)[C@@H](O)[C@H](O)[C@@H]4O)[C@@H](O)[C@H](O[C@H]4O[C@H](CO[C@@H]5O[C@H](CO)[C@@H](O)[C@H](O)[C@@H]5O)[C@@H](O)[C@H](O)[C@@H]4O)[C@@H]3O)[C@H](O)[C@H]2NC(C)=O)[C@@H](CO)O[C@H]1O. The zero-order valence-corrected chi connectivity index (χ0v) is 38.9. The summed E-state index contributed by atoms with van der Waals surface area (Å²) in [6.45, 7) is -3.32. The fourth-order valence-corrected chi connectivity index (χ4v) is 9.11. The standard InChI is InChI=1S/C40H68N2O31/c1-9(47)41-17-23(53)32(13(5-45)65-35(17)62)71-36-18(42-10(2)48)24(54)33(14(6-46)68-36)72-40-31(61)34(22(52)16(70-40)8-64-38-29(59)26(56)20(50)12(4-44)67-38)73-39-30(60)27(57)21(51)15(69-39)7-63-37-28(58)25(55)19(49)11(3-43)66-37/h11-40,43-46,49-62H,3-8H2,1-2H3,(H,41,47)(H,42,48)/t11-,12-,13-,14-,15-,16-,17-,18-,19-,20-,21-,22-,23-,24-,25+,26+,27+,28+,29+,30+,31+,32-,33-,34+,35-,36+,37-,38+,39-,40+/m1/s1. The lowest BCUT2D eigenvalue weighted by Crippen LogP contribution is -2.70. The van der Waals surface area contributed by atoms with E-state index < -0.39 is 236 Å². The molecule has 0 radical (unpaired) electrons. The number of rotatable bonds is 18. The Kier molecular flexibility index (Phi) is 21.3. The Hall–Kier alpha value is -2.22. The van der Waals surface area contributed by atoms with Gasteiger partial charge in [-0.1, -0.05) is 0 Å². The maximum atomic E-state index is 12.6. The van der Waals surface area contributed by atoms with Crippen LogP contribution in [0.5, 0.6) is 0 Å². The summed E-state index contributed by atoms with van der Waals surface area (Å²) in [7, 11) is 0. The summed E-state index contributed by atoms with van der Waals surface area (Å²) in [6.07, 6.45) is -53.1. The quantitative estimate of drug-likeness (QED) is 0.0606. The van der Waals surface area contributed by atoms with Gasteiger partial charge in [0.2, 0.25) is 11.8 Å². The zero-order chi connectivity index (χ0) is 53.9. The van der Waals surface area contributed by atoms with E-state index in [2.05, 4.69) is 10.6 Å². The summed E-state index contributed by atoms with van der Waals surface area (Å²) in [5.41, 5.74) is 0. The minimum absolute atomic E-state index is 0.716. The Morgan fingerprint density at radius 1 is 0.356 bits per heavy atom. The normalized spacial score (nSPS) is 49.8. The van der Waals surface area contributed by atoms with Crippen LogP contribution in [0.4, 0.5) is 0 Å². The zero-order valence-electron chi connectivity index (χ0n) is 38.9. The molecule has 73 heavy (non-hydrogen) atoms. The van der Waals surface area contributed by atoms with Crippen molar-refractivity contribution >= 4 is 11.8 Å². The first-order valence-corrected chi connectivity index (χ1v) is 23.1. The Morgan fingerprint density at radius 3 is 1.16 bits per heavy atom. The third kappa shape index (κ3) is 13.2. The Bertz CT molecular complexity index is 1750. The highest BCUT2D eigenvalue weighted by Crippen LogP contribution is 2.36. The summed E-state index contributed by atoms with van der Waals surface area (Å²) in [6, 6.07) is -3.28. The van der Waals surface area contributed by atoms with Crippen molar-refractivity contribution in [2.24, 2.45) is 0 Å². The van der Waals surface area contributed by atoms with Crippen molar-refractivity contribution in [1.29, 1.82) is 0 Å². The molecule has 0 unspecified atom stereocenters. The first kappa shape index (κ1) is 60.0. The lowest BCUT2D eigenvalue weighted by molar-refractivity contribution is -0.385. The number of carbonyl (C=O) groups excluding carboxylic acids is 2. The first-order chi connectivity index (χ1) is 34.5. The highest BCUT2D eigenvalue weighted by molar-refractivity contribution is 5.73. The van der Waals surface area contributed by atoms with Crippen LogP contribution < -0.4 is 10.6 Å². The lowest BCUT2D eigenvalue weighted by Gasteiger charge is -2.50. The second-order valence-electron chi connectivity index (χ2n) is 18.3. The fourth-order valence-electron chi connectivity index (χ4n) is 9.11. The summed E-state index contributed by atoms with van der Waals surface area (Å²) in [4.78, 5) is 24.4. The van der Waals surface area contributed by atoms with E-state index in [-0.39, 0.29) is 0 Å². The smallest absolute Gasteiger partial charge is 0.217 e. The van der Waals surface area contributed by atoms with E-state index in [0.717, 1.165) is 13.8 Å². The van der Waals surface area contributed by atoms with E-state index in [0.29, 0.717) is 0 Å². The number of nitrogens with one attached hydrogen (secondary N) is 2. The summed E-state index contributed by atoms with van der Waals surface area (Å²) < 4.78 is 62.3. The van der Waals surface area contributed by atoms with Gasteiger partial charge in [-0.05, 0) is 0 Å². The van der Waals surface area contributed by atoms with E-state index in [1.165, 1.54) is 0 Å². The van der Waals surface area contributed by atoms with Crippen molar-refractivity contribution in [3.05, 3.63) is 0 Å². The third-order valence-corrected chi connectivity index (χ3v) is 13.2. The number of aliphatic hydroxyl groups excluding tert-OH is 18. The molecule has 424 valence electrons. The van der Waals surface area contributed by atoms with Crippen molar-refractivity contribution in [3.8, 4) is 0 Å². The van der Waals surface area contributed by atoms with E-state index in [9.17, 15) is 102 Å². The Morgan fingerprint density at radius 2 is 0.699 bits per heavy atom. The number of hydrogen-bond donors (Lipinski definition) is 20. The Balaban J connectivity index is 1.25. The number of ether oxygens (including phenoxy) is 11. The largest absolute Gasteiger partial charge is 0.394 e. The molecule has 30 atom stereocenters. The van der Waals surface area contributed by atoms with Gasteiger partial charge >= 0.3 is 0 Å². The average Bonchev–Trinajstić information content (AvgIpc) is 3.35. The summed E-state index contributed by atoms with van der Waals surface area (Å²) in [5.74, 6) is -1.55. The topological polar surface area (TPSA) is 524 Å². The molecule has 6 saturated heterocycles. The molecule has 6 aliphatic heterocycles. The second-order valence-corrected chi connectivity index (χ2v) is 18.3. The van der Waals surface area contributed by atoms with E-state index in [1.54, 1.807) is 0 Å². The lowest BCUT2D eigenvalue weighted by atomic mass is 9.94. The number of carbonyl (C=O) groups is 2. The van der Waals surface area contributed by atoms with Gasteiger partial charge in [0.15, 0.2) is 37.7 Å². The Labute approximate surface area is 413 Å². The van der Waals surface area contributed by atoms with Crippen molar-refractivity contribution in [2.75, 3.05) is 39.6 Å². The van der Waals surface area contributed by atoms with Gasteiger partial charge in [-0.3, -0.25) is 9.59 Å². The van der Waals surface area contributed by atoms with Gasteiger partial charge in [0, 0.05) is 13.8 Å². The van der Waals surface area contributed by atoms with Crippen molar-refractivity contribution in [3.63, 3.8) is 0 Å². The van der Waals surface area contributed by atoms with E-state index in [4.69, 9.17) is 52.1 Å². The van der Waals surface area contributed by atoms with Gasteiger partial charge in [0.05, 0.1) is 39.6 Å². The monoisotopic (exact) mass is 1070 g/mol. The predicted molar refractivity (Wildman–Crippen MR) is 222 cm³/mol. The minimum atomic E-state index is -2.29. The van der Waals surface area contributed by atoms with Crippen LogP contribution >= 0.6 is 0 Å². The molecule has 6 aliphatic rings. The molecular weight excluding hydrogens is 1000 g/mol. The number of aliphatic hydroxyl groups is 18. The highest BCUT2D eigenvalue weighted by atomic mass is 16.8. The molecule has 0 aliphatic carbocycles. The van der Waals surface area contributed by atoms with Crippen LogP contribution in [0.2, 0.25) is 0 Å². The molecule has 0 aromatic rings. The third-order valence-electron chi connectivity index (χ3n) is 13.2. The van der Waals surface area contributed by atoms with Crippen LogP contribution in [-0.2, 0) is 61.7 Å². The minimum Gasteiger partial charge on any atom is -0.394 e. The van der Waals surface area contributed by atoms with Crippen LogP contribution in [0, 0.1) is 0 Å². The van der Waals surface area contributed by atoms with Crippen LogP contribution in [0.25, 0.3) is 0 Å². The molecule has 0 bridgehead atoms. The molecule has 6 rings (SSSR count). The maximum Gasteiger partial charge on any atom is 0.217 e. The molecule has 0 spiro atoms. The molecule has 0 aromatic carbocycles. The van der Waals surface area contributed by atoms with Crippen LogP contribution in [-0.4, -0.2) is 327 Å². The van der Waals surface area contributed by atoms with E-state index >= 15 is 0 Å². The molecular formula is C40H68N2O31. The molecule has 6 fully saturated rings.